The van der Waals surface area contributed by atoms with Gasteiger partial charge >= 0.3 is 0 Å². The zero-order chi connectivity index (χ0) is 26.1. The maximum absolute atomic E-state index is 14.8. The summed E-state index contributed by atoms with van der Waals surface area (Å²) in [4.78, 5) is 18.6. The van der Waals surface area contributed by atoms with Gasteiger partial charge in [0.15, 0.2) is 11.5 Å². The first-order valence-electron chi connectivity index (χ1n) is 12.2. The topological polar surface area (TPSA) is 78.1 Å². The van der Waals surface area contributed by atoms with Crippen molar-refractivity contribution in [1.82, 2.24) is 29.5 Å². The Morgan fingerprint density at radius 3 is 2.57 bits per heavy atom. The highest BCUT2D eigenvalue weighted by atomic mass is 19.1. The van der Waals surface area contributed by atoms with Gasteiger partial charge in [-0.15, -0.1) is 0 Å². The number of benzene rings is 1. The Labute approximate surface area is 212 Å². The summed E-state index contributed by atoms with van der Waals surface area (Å²) in [5.74, 6) is -0.954. The Morgan fingerprint density at radius 1 is 0.946 bits per heavy atom. The largest absolute Gasteiger partial charge is 0.369 e. The molecule has 9 heteroatoms. The van der Waals surface area contributed by atoms with Gasteiger partial charge in [-0.1, -0.05) is 13.8 Å². The molecule has 0 spiro atoms. The van der Waals surface area contributed by atoms with Crippen LogP contribution in [0.1, 0.15) is 49.1 Å². The Bertz CT molecular complexity index is 1650. The van der Waals surface area contributed by atoms with Gasteiger partial charge in [0.1, 0.15) is 28.9 Å². The summed E-state index contributed by atoms with van der Waals surface area (Å²) in [5, 5.41) is 4.23. The van der Waals surface area contributed by atoms with E-state index >= 15 is 0 Å². The number of aromatic nitrogens is 6. The first-order valence-corrected chi connectivity index (χ1v) is 12.2. The lowest BCUT2D eigenvalue weighted by atomic mass is 10.0. The molecular formula is C28H26F2N6O. The van der Waals surface area contributed by atoms with Gasteiger partial charge in [-0.3, -0.25) is 0 Å². The van der Waals surface area contributed by atoms with Crippen LogP contribution in [0.3, 0.4) is 0 Å². The highest BCUT2D eigenvalue weighted by molar-refractivity contribution is 5.88. The second-order valence-electron chi connectivity index (χ2n) is 8.48. The van der Waals surface area contributed by atoms with E-state index in [9.17, 15) is 8.78 Å². The molecule has 0 radical (unpaired) electrons. The van der Waals surface area contributed by atoms with Crippen LogP contribution in [0.4, 0.5) is 8.78 Å². The molecule has 6 rings (SSSR count). The first-order chi connectivity index (χ1) is 18.0. The van der Waals surface area contributed by atoms with Gasteiger partial charge in [-0.2, -0.15) is 5.10 Å². The summed E-state index contributed by atoms with van der Waals surface area (Å²) in [6.45, 7) is 8.14. The maximum Gasteiger partial charge on any atom is 0.182 e. The van der Waals surface area contributed by atoms with Crippen molar-refractivity contribution in [2.24, 2.45) is 0 Å². The minimum absolute atomic E-state index is 0.146. The van der Waals surface area contributed by atoms with E-state index < -0.39 is 11.6 Å². The second kappa shape index (κ2) is 10.1. The van der Waals surface area contributed by atoms with Crippen molar-refractivity contribution in [2.75, 3.05) is 6.61 Å². The number of aryl methyl sites for hydroxylation is 2. The third kappa shape index (κ3) is 4.70. The molecule has 1 atom stereocenters. The second-order valence-corrected chi connectivity index (χ2v) is 8.48. The van der Waals surface area contributed by atoms with Crippen LogP contribution in [0.2, 0.25) is 0 Å². The number of ether oxygens (including phenoxy) is 1. The summed E-state index contributed by atoms with van der Waals surface area (Å²) < 4.78 is 36.2. The van der Waals surface area contributed by atoms with Crippen LogP contribution in [0, 0.1) is 25.5 Å². The highest BCUT2D eigenvalue weighted by Gasteiger charge is 2.23. The van der Waals surface area contributed by atoms with Gasteiger partial charge < -0.3 is 4.74 Å². The molecule has 0 saturated carbocycles. The average Bonchev–Trinajstić information content (AvgIpc) is 3.38. The van der Waals surface area contributed by atoms with Crippen LogP contribution in [0.5, 0.6) is 0 Å². The quantitative estimate of drug-likeness (QED) is 0.294. The third-order valence-electron chi connectivity index (χ3n) is 6.19. The molecule has 188 valence electrons. The molecule has 0 bridgehead atoms. The molecule has 37 heavy (non-hydrogen) atoms. The molecule has 0 fully saturated rings. The monoisotopic (exact) mass is 500 g/mol. The van der Waals surface area contributed by atoms with Crippen molar-refractivity contribution in [2.45, 2.75) is 40.2 Å². The number of halogens is 2. The van der Waals surface area contributed by atoms with Gasteiger partial charge in [0.25, 0.3) is 0 Å². The van der Waals surface area contributed by atoms with E-state index in [1.807, 2.05) is 58.2 Å². The number of pyridine rings is 1. The third-order valence-corrected chi connectivity index (χ3v) is 6.19. The van der Waals surface area contributed by atoms with Crippen LogP contribution >= 0.6 is 0 Å². The SMILES string of the molecule is CC.Cc1nc2nc(C3=CC(c4ccn5nccc5c4)OCC3)nc(-c3ccc(F)cc3F)c2nc1C. The fourth-order valence-electron chi connectivity index (χ4n) is 4.23. The fraction of sp³-hybridized carbons (Fsp3) is 0.250. The molecule has 1 aromatic carbocycles. The minimum atomic E-state index is -0.719. The summed E-state index contributed by atoms with van der Waals surface area (Å²) in [7, 11) is 0. The van der Waals surface area contributed by atoms with Crippen LogP contribution in [0.15, 0.2) is 54.9 Å². The number of hydrogen-bond donors (Lipinski definition) is 0. The Hall–Kier alpha value is -4.11. The Morgan fingerprint density at radius 2 is 1.76 bits per heavy atom. The number of hydrogen-bond acceptors (Lipinski definition) is 6. The van der Waals surface area contributed by atoms with Gasteiger partial charge in [0.2, 0.25) is 0 Å². The Balaban J connectivity index is 0.00000137. The molecule has 5 heterocycles. The van der Waals surface area contributed by atoms with E-state index in [4.69, 9.17) is 9.72 Å². The fourth-order valence-corrected chi connectivity index (χ4v) is 4.23. The van der Waals surface area contributed by atoms with E-state index in [1.165, 1.54) is 12.1 Å². The predicted octanol–water partition coefficient (Wildman–Crippen LogP) is 6.20. The summed E-state index contributed by atoms with van der Waals surface area (Å²) in [5.41, 5.74) is 5.38. The van der Waals surface area contributed by atoms with E-state index in [0.29, 0.717) is 35.7 Å². The smallest absolute Gasteiger partial charge is 0.182 e. The van der Waals surface area contributed by atoms with E-state index in [0.717, 1.165) is 28.4 Å². The number of nitrogens with zero attached hydrogens (tertiary/aromatic N) is 6. The molecule has 1 aliphatic heterocycles. The molecule has 0 aliphatic carbocycles. The lowest BCUT2D eigenvalue weighted by Crippen LogP contribution is -2.13. The normalized spacial score (nSPS) is 15.4. The molecule has 0 amide bonds. The lowest BCUT2D eigenvalue weighted by molar-refractivity contribution is 0.0826. The van der Waals surface area contributed by atoms with Crippen molar-refractivity contribution in [1.29, 1.82) is 0 Å². The summed E-state index contributed by atoms with van der Waals surface area (Å²) in [6, 6.07) is 9.33. The lowest BCUT2D eigenvalue weighted by Gasteiger charge is -2.22. The van der Waals surface area contributed by atoms with Crippen molar-refractivity contribution in [3.8, 4) is 11.3 Å². The van der Waals surface area contributed by atoms with Crippen molar-refractivity contribution in [3.63, 3.8) is 0 Å². The number of fused-ring (bicyclic) bond motifs is 2. The zero-order valence-electron chi connectivity index (χ0n) is 21.0. The van der Waals surface area contributed by atoms with Crippen LogP contribution < -0.4 is 0 Å². The molecule has 1 unspecified atom stereocenters. The average molecular weight is 501 g/mol. The molecule has 0 saturated heterocycles. The molecule has 1 aliphatic rings. The molecule has 0 N–H and O–H groups in total. The van der Waals surface area contributed by atoms with Gasteiger partial charge in [0, 0.05) is 24.0 Å². The van der Waals surface area contributed by atoms with E-state index in [-0.39, 0.29) is 17.4 Å². The van der Waals surface area contributed by atoms with Crippen LogP contribution in [0.25, 0.3) is 33.5 Å². The minimum Gasteiger partial charge on any atom is -0.369 e. The van der Waals surface area contributed by atoms with Crippen molar-refractivity contribution < 1.29 is 13.5 Å². The highest BCUT2D eigenvalue weighted by Crippen LogP contribution is 2.33. The van der Waals surface area contributed by atoms with E-state index in [2.05, 4.69) is 20.1 Å². The summed E-state index contributed by atoms with van der Waals surface area (Å²) >= 11 is 0. The van der Waals surface area contributed by atoms with Gasteiger partial charge in [-0.05, 0) is 67.8 Å². The zero-order valence-corrected chi connectivity index (χ0v) is 21.0. The van der Waals surface area contributed by atoms with Gasteiger partial charge in [0.05, 0.1) is 23.5 Å². The van der Waals surface area contributed by atoms with Crippen molar-refractivity contribution >= 4 is 22.3 Å². The molecule has 5 aromatic rings. The Kier molecular flexibility index (Phi) is 6.71. The predicted molar refractivity (Wildman–Crippen MR) is 138 cm³/mol. The van der Waals surface area contributed by atoms with Gasteiger partial charge in [-0.25, -0.2) is 33.2 Å². The summed E-state index contributed by atoms with van der Waals surface area (Å²) in [6.07, 6.45) is 5.90. The maximum atomic E-state index is 14.8. The van der Waals surface area contributed by atoms with Crippen LogP contribution in [-0.4, -0.2) is 36.2 Å². The molecular weight excluding hydrogens is 474 g/mol. The molecule has 7 nitrogen and oxygen atoms in total. The van der Waals surface area contributed by atoms with Crippen molar-refractivity contribution in [3.05, 3.63) is 89.3 Å². The van der Waals surface area contributed by atoms with Crippen LogP contribution in [-0.2, 0) is 4.74 Å². The van der Waals surface area contributed by atoms with E-state index in [1.54, 1.807) is 10.7 Å². The molecule has 4 aromatic heterocycles. The standard InChI is InChI=1S/C26H20F2N6O.C2H6/c1-14-15(2)31-26-24(30-14)23(20-4-3-18(27)13-21(20)28)32-25(33-26)17-7-10-35-22(12-17)16-6-9-34-19(11-16)5-8-29-34;1-2/h3-6,8-9,11-13,22H,7,10H2,1-2H3;1-2H3. The first kappa shape index (κ1) is 24.6. The number of rotatable bonds is 3.